The number of ether oxygens (including phenoxy) is 1. The highest BCUT2D eigenvalue weighted by molar-refractivity contribution is 9.10. The van der Waals surface area contributed by atoms with Gasteiger partial charge in [-0.2, -0.15) is 0 Å². The lowest BCUT2D eigenvalue weighted by Crippen LogP contribution is -2.42. The topological polar surface area (TPSA) is 29.5 Å². The molecule has 0 aliphatic carbocycles. The van der Waals surface area contributed by atoms with Gasteiger partial charge in [0.1, 0.15) is 6.10 Å². The van der Waals surface area contributed by atoms with E-state index in [0.717, 1.165) is 21.2 Å². The summed E-state index contributed by atoms with van der Waals surface area (Å²) in [6.45, 7) is 3.80. The van der Waals surface area contributed by atoms with E-state index in [-0.39, 0.29) is 12.0 Å². The number of hydrogen-bond acceptors (Lipinski definition) is 2. The Morgan fingerprint density at radius 2 is 2.00 bits per heavy atom. The van der Waals surface area contributed by atoms with Crippen LogP contribution in [0.3, 0.4) is 0 Å². The van der Waals surface area contributed by atoms with Crippen molar-refractivity contribution in [2.75, 3.05) is 19.7 Å². The molecule has 1 atom stereocenters. The van der Waals surface area contributed by atoms with Gasteiger partial charge in [0.2, 0.25) is 0 Å². The number of amides is 1. The number of rotatable bonds is 2. The standard InChI is InChI=1S/C18H18BrNO2/c1-13-3-2-4-15(11-13)18(21)20-9-10-22-17(12-20)14-5-7-16(19)8-6-14/h2-8,11,17H,9-10,12H2,1H3. The highest BCUT2D eigenvalue weighted by Gasteiger charge is 2.26. The van der Waals surface area contributed by atoms with Crippen LogP contribution in [0.1, 0.15) is 27.6 Å². The predicted molar refractivity (Wildman–Crippen MR) is 89.9 cm³/mol. The number of nitrogens with zero attached hydrogens (tertiary/aromatic N) is 1. The highest BCUT2D eigenvalue weighted by Crippen LogP contribution is 2.24. The molecule has 1 amide bonds. The van der Waals surface area contributed by atoms with Crippen LogP contribution < -0.4 is 0 Å². The Bertz CT molecular complexity index is 669. The van der Waals surface area contributed by atoms with E-state index in [2.05, 4.69) is 15.9 Å². The average molecular weight is 360 g/mol. The summed E-state index contributed by atoms with van der Waals surface area (Å²) < 4.78 is 6.88. The zero-order chi connectivity index (χ0) is 15.5. The van der Waals surface area contributed by atoms with Crippen molar-refractivity contribution in [3.63, 3.8) is 0 Å². The van der Waals surface area contributed by atoms with E-state index in [1.807, 2.05) is 60.4 Å². The molecule has 0 radical (unpaired) electrons. The van der Waals surface area contributed by atoms with Gasteiger partial charge < -0.3 is 9.64 Å². The van der Waals surface area contributed by atoms with Crippen molar-refractivity contribution >= 4 is 21.8 Å². The molecular weight excluding hydrogens is 342 g/mol. The number of hydrogen-bond donors (Lipinski definition) is 0. The number of halogens is 1. The van der Waals surface area contributed by atoms with Gasteiger partial charge in [-0.15, -0.1) is 0 Å². The molecule has 114 valence electrons. The van der Waals surface area contributed by atoms with Gasteiger partial charge in [0.25, 0.3) is 5.91 Å². The molecule has 2 aromatic carbocycles. The van der Waals surface area contributed by atoms with E-state index < -0.39 is 0 Å². The van der Waals surface area contributed by atoms with Gasteiger partial charge in [0.15, 0.2) is 0 Å². The largest absolute Gasteiger partial charge is 0.370 e. The first-order valence-corrected chi connectivity index (χ1v) is 8.16. The number of carbonyl (C=O) groups excluding carboxylic acids is 1. The molecule has 0 saturated carbocycles. The number of aryl methyl sites for hydroxylation is 1. The fraction of sp³-hybridized carbons (Fsp3) is 0.278. The maximum atomic E-state index is 12.6. The lowest BCUT2D eigenvalue weighted by molar-refractivity contribution is -0.0228. The Morgan fingerprint density at radius 1 is 1.23 bits per heavy atom. The van der Waals surface area contributed by atoms with Crippen molar-refractivity contribution in [2.24, 2.45) is 0 Å². The Kier molecular flexibility index (Phi) is 4.60. The molecule has 0 N–H and O–H groups in total. The van der Waals surface area contributed by atoms with Gasteiger partial charge >= 0.3 is 0 Å². The summed E-state index contributed by atoms with van der Waals surface area (Å²) in [7, 11) is 0. The van der Waals surface area contributed by atoms with Gasteiger partial charge in [-0.1, -0.05) is 45.8 Å². The molecular formula is C18H18BrNO2. The van der Waals surface area contributed by atoms with Gasteiger partial charge in [-0.3, -0.25) is 4.79 Å². The van der Waals surface area contributed by atoms with Crippen LogP contribution in [0, 0.1) is 6.92 Å². The van der Waals surface area contributed by atoms with Crippen molar-refractivity contribution in [1.29, 1.82) is 0 Å². The second-order valence-electron chi connectivity index (χ2n) is 5.53. The SMILES string of the molecule is Cc1cccc(C(=O)N2CCOC(c3ccc(Br)cc3)C2)c1. The molecule has 1 aliphatic rings. The third-order valence-electron chi connectivity index (χ3n) is 3.86. The first-order valence-electron chi connectivity index (χ1n) is 7.36. The van der Waals surface area contributed by atoms with Crippen molar-refractivity contribution < 1.29 is 9.53 Å². The fourth-order valence-electron chi connectivity index (χ4n) is 2.67. The predicted octanol–water partition coefficient (Wildman–Crippen LogP) is 3.97. The summed E-state index contributed by atoms with van der Waals surface area (Å²) in [6, 6.07) is 15.8. The lowest BCUT2D eigenvalue weighted by atomic mass is 10.1. The monoisotopic (exact) mass is 359 g/mol. The Hall–Kier alpha value is -1.65. The van der Waals surface area contributed by atoms with Gasteiger partial charge in [0.05, 0.1) is 13.2 Å². The second kappa shape index (κ2) is 6.63. The zero-order valence-corrected chi connectivity index (χ0v) is 14.0. The Morgan fingerprint density at radius 3 is 2.73 bits per heavy atom. The fourth-order valence-corrected chi connectivity index (χ4v) is 2.94. The van der Waals surface area contributed by atoms with Crippen molar-refractivity contribution in [1.82, 2.24) is 4.90 Å². The van der Waals surface area contributed by atoms with Crippen LogP contribution in [-0.4, -0.2) is 30.5 Å². The Labute approximate surface area is 139 Å². The summed E-state index contributed by atoms with van der Waals surface area (Å²) in [5.74, 6) is 0.0779. The van der Waals surface area contributed by atoms with Gasteiger partial charge in [0, 0.05) is 16.6 Å². The minimum atomic E-state index is -0.0596. The van der Waals surface area contributed by atoms with Gasteiger partial charge in [-0.25, -0.2) is 0 Å². The van der Waals surface area contributed by atoms with Crippen LogP contribution in [0.4, 0.5) is 0 Å². The van der Waals surface area contributed by atoms with E-state index >= 15 is 0 Å². The number of morpholine rings is 1. The molecule has 3 nitrogen and oxygen atoms in total. The van der Waals surface area contributed by atoms with Crippen LogP contribution in [0.15, 0.2) is 53.0 Å². The smallest absolute Gasteiger partial charge is 0.254 e. The highest BCUT2D eigenvalue weighted by atomic mass is 79.9. The van der Waals surface area contributed by atoms with Crippen LogP contribution in [0.5, 0.6) is 0 Å². The van der Waals surface area contributed by atoms with Crippen molar-refractivity contribution in [2.45, 2.75) is 13.0 Å². The molecule has 1 unspecified atom stereocenters. The maximum Gasteiger partial charge on any atom is 0.254 e. The molecule has 0 bridgehead atoms. The minimum absolute atomic E-state index is 0.0596. The first kappa shape index (κ1) is 15.3. The molecule has 4 heteroatoms. The average Bonchev–Trinajstić information content (AvgIpc) is 2.55. The molecule has 0 spiro atoms. The number of benzene rings is 2. The summed E-state index contributed by atoms with van der Waals surface area (Å²) in [5, 5.41) is 0. The first-order chi connectivity index (χ1) is 10.6. The van der Waals surface area contributed by atoms with Gasteiger partial charge in [-0.05, 0) is 36.8 Å². The summed E-state index contributed by atoms with van der Waals surface area (Å²) in [6.07, 6.45) is -0.0596. The van der Waals surface area contributed by atoms with Crippen LogP contribution >= 0.6 is 15.9 Å². The number of carbonyl (C=O) groups is 1. The second-order valence-corrected chi connectivity index (χ2v) is 6.45. The van der Waals surface area contributed by atoms with E-state index in [9.17, 15) is 4.79 Å². The third-order valence-corrected chi connectivity index (χ3v) is 4.39. The molecule has 3 rings (SSSR count). The molecule has 1 heterocycles. The molecule has 0 aromatic heterocycles. The molecule has 2 aromatic rings. The summed E-state index contributed by atoms with van der Waals surface area (Å²) in [4.78, 5) is 14.5. The van der Waals surface area contributed by atoms with Crippen molar-refractivity contribution in [3.05, 3.63) is 69.7 Å². The van der Waals surface area contributed by atoms with E-state index in [4.69, 9.17) is 4.74 Å². The molecule has 1 saturated heterocycles. The lowest BCUT2D eigenvalue weighted by Gasteiger charge is -2.33. The van der Waals surface area contributed by atoms with Crippen LogP contribution in [0.2, 0.25) is 0 Å². The third kappa shape index (κ3) is 3.39. The quantitative estimate of drug-likeness (QED) is 0.811. The van der Waals surface area contributed by atoms with Crippen LogP contribution in [-0.2, 0) is 4.74 Å². The molecule has 22 heavy (non-hydrogen) atoms. The molecule has 1 aliphatic heterocycles. The zero-order valence-electron chi connectivity index (χ0n) is 12.5. The normalized spacial score (nSPS) is 18.3. The summed E-state index contributed by atoms with van der Waals surface area (Å²) in [5.41, 5.74) is 2.95. The van der Waals surface area contributed by atoms with Crippen molar-refractivity contribution in [3.8, 4) is 0 Å². The Balaban J connectivity index is 1.75. The van der Waals surface area contributed by atoms with E-state index in [1.54, 1.807) is 0 Å². The van der Waals surface area contributed by atoms with Crippen LogP contribution in [0.25, 0.3) is 0 Å². The summed E-state index contributed by atoms with van der Waals surface area (Å²) >= 11 is 3.44. The van der Waals surface area contributed by atoms with E-state index in [1.165, 1.54) is 0 Å². The molecule has 1 fully saturated rings. The minimum Gasteiger partial charge on any atom is -0.370 e. The maximum absolute atomic E-state index is 12.6. The van der Waals surface area contributed by atoms with E-state index in [0.29, 0.717) is 19.7 Å².